The molecule has 0 saturated carbocycles. The fourth-order valence-electron chi connectivity index (χ4n) is 3.89. The molecule has 1 amide bonds. The molecule has 0 radical (unpaired) electrons. The fraction of sp³-hybridized carbons (Fsp3) is 0.562. The molecule has 3 heterocycles. The molecular weight excluding hydrogens is 382 g/mol. The molecule has 2 bridgehead atoms. The number of anilines is 1. The van der Waals surface area contributed by atoms with Crippen LogP contribution in [0, 0.1) is 0 Å². The van der Waals surface area contributed by atoms with Gasteiger partial charge in [-0.05, 0) is 25.7 Å². The van der Waals surface area contributed by atoms with Crippen molar-refractivity contribution in [3.63, 3.8) is 0 Å². The Kier molecular flexibility index (Phi) is 5.34. The third-order valence-corrected chi connectivity index (χ3v) is 6.52. The molecule has 2 atom stereocenters. The third kappa shape index (κ3) is 3.62. The smallest absolute Gasteiger partial charge is 0.262 e. The van der Waals surface area contributed by atoms with E-state index in [4.69, 9.17) is 9.47 Å². The molecule has 10 heteroatoms. The van der Waals surface area contributed by atoms with Crippen molar-refractivity contribution >= 4 is 34.0 Å². The summed E-state index contributed by atoms with van der Waals surface area (Å²) in [5.41, 5.74) is 0.409. The minimum atomic E-state index is -3.76. The monoisotopic (exact) mass is 403 g/mol. The molecule has 144 valence electrons. The molecule has 0 aliphatic carbocycles. The maximum Gasteiger partial charge on any atom is 0.262 e. The number of carbonyl (C=O) groups is 1. The summed E-state index contributed by atoms with van der Waals surface area (Å²) in [6.45, 7) is -0.135. The molecule has 1 aromatic carbocycles. The molecule has 0 spiro atoms. The summed E-state index contributed by atoms with van der Waals surface area (Å²) in [6.07, 6.45) is 3.77. The minimum absolute atomic E-state index is 0. The van der Waals surface area contributed by atoms with Crippen molar-refractivity contribution in [2.24, 2.45) is 0 Å². The van der Waals surface area contributed by atoms with Gasteiger partial charge in [-0.15, -0.1) is 12.4 Å². The Balaban J connectivity index is 0.00000196. The predicted molar refractivity (Wildman–Crippen MR) is 97.7 cm³/mol. The number of rotatable bonds is 4. The Morgan fingerprint density at radius 3 is 2.58 bits per heavy atom. The number of fused-ring (bicyclic) bond motifs is 3. The normalized spacial score (nSPS) is 27.0. The number of carbonyl (C=O) groups excluding carboxylic acids is 1. The Morgan fingerprint density at radius 2 is 1.92 bits per heavy atom. The Bertz CT molecular complexity index is 804. The fourth-order valence-corrected chi connectivity index (χ4v) is 5.32. The standard InChI is InChI=1S/C16H21N3O5S.ClH/c1-23-14-6-12-13(24-8-16(20)18-12)7-15(14)25(21,22)19-11-4-9-2-3-10(5-11)17-9;/h6-7,9-11,17,19H,2-5,8H2,1H3,(H,18,20);1H. The Hall–Kier alpha value is -1.55. The van der Waals surface area contributed by atoms with Gasteiger partial charge in [0.05, 0.1) is 12.8 Å². The largest absolute Gasteiger partial charge is 0.495 e. The lowest BCUT2D eigenvalue weighted by Gasteiger charge is -2.29. The lowest BCUT2D eigenvalue weighted by atomic mass is 10.0. The van der Waals surface area contributed by atoms with Gasteiger partial charge in [0.15, 0.2) is 6.61 Å². The van der Waals surface area contributed by atoms with Crippen LogP contribution in [0.15, 0.2) is 17.0 Å². The molecular formula is C16H22ClN3O5S. The van der Waals surface area contributed by atoms with Gasteiger partial charge in [-0.25, -0.2) is 13.1 Å². The lowest BCUT2D eigenvalue weighted by Crippen LogP contribution is -2.47. The molecule has 2 saturated heterocycles. The average Bonchev–Trinajstić information content (AvgIpc) is 2.91. The molecule has 3 N–H and O–H groups in total. The van der Waals surface area contributed by atoms with Crippen LogP contribution in [-0.2, 0) is 14.8 Å². The van der Waals surface area contributed by atoms with Crippen molar-refractivity contribution < 1.29 is 22.7 Å². The van der Waals surface area contributed by atoms with E-state index >= 15 is 0 Å². The average molecular weight is 404 g/mol. The highest BCUT2D eigenvalue weighted by molar-refractivity contribution is 7.89. The van der Waals surface area contributed by atoms with Crippen LogP contribution >= 0.6 is 12.4 Å². The molecule has 2 fully saturated rings. The molecule has 2 unspecified atom stereocenters. The third-order valence-electron chi connectivity index (χ3n) is 4.98. The Labute approximate surface area is 158 Å². The maximum atomic E-state index is 12.9. The van der Waals surface area contributed by atoms with Crippen molar-refractivity contribution in [2.45, 2.75) is 48.7 Å². The number of benzene rings is 1. The molecule has 3 aliphatic heterocycles. The van der Waals surface area contributed by atoms with E-state index < -0.39 is 10.0 Å². The SMILES string of the molecule is COc1cc2c(cc1S(=O)(=O)NC1CC3CCC(C1)N3)OCC(=O)N2.Cl. The second kappa shape index (κ2) is 7.22. The second-order valence-corrected chi connectivity index (χ2v) is 8.45. The van der Waals surface area contributed by atoms with Gasteiger partial charge in [-0.3, -0.25) is 4.79 Å². The zero-order valence-corrected chi connectivity index (χ0v) is 15.9. The van der Waals surface area contributed by atoms with E-state index in [0.717, 1.165) is 25.7 Å². The second-order valence-electron chi connectivity index (χ2n) is 6.76. The summed E-state index contributed by atoms with van der Waals surface area (Å²) in [5, 5.41) is 6.14. The molecule has 0 aromatic heterocycles. The molecule has 3 aliphatic rings. The van der Waals surface area contributed by atoms with Crippen molar-refractivity contribution in [1.82, 2.24) is 10.0 Å². The maximum absolute atomic E-state index is 12.9. The number of sulfonamides is 1. The number of amides is 1. The number of methoxy groups -OCH3 is 1. The highest BCUT2D eigenvalue weighted by Gasteiger charge is 2.36. The van der Waals surface area contributed by atoms with E-state index in [9.17, 15) is 13.2 Å². The first-order valence-electron chi connectivity index (χ1n) is 8.37. The summed E-state index contributed by atoms with van der Waals surface area (Å²) in [4.78, 5) is 11.4. The van der Waals surface area contributed by atoms with Gasteiger partial charge in [-0.2, -0.15) is 0 Å². The zero-order valence-electron chi connectivity index (χ0n) is 14.3. The molecule has 4 rings (SSSR count). The number of halogens is 1. The summed E-state index contributed by atoms with van der Waals surface area (Å²) in [5.74, 6) is 0.216. The highest BCUT2D eigenvalue weighted by Crippen LogP contribution is 2.37. The van der Waals surface area contributed by atoms with E-state index in [1.54, 1.807) is 0 Å². The summed E-state index contributed by atoms with van der Waals surface area (Å²) in [6, 6.07) is 3.56. The van der Waals surface area contributed by atoms with Gasteiger partial charge in [0.2, 0.25) is 10.0 Å². The van der Waals surface area contributed by atoms with Gasteiger partial charge in [0.25, 0.3) is 5.91 Å². The predicted octanol–water partition coefficient (Wildman–Crippen LogP) is 1.01. The van der Waals surface area contributed by atoms with Crippen LogP contribution in [-0.4, -0.2) is 46.2 Å². The van der Waals surface area contributed by atoms with E-state index in [1.165, 1.54) is 19.2 Å². The van der Waals surface area contributed by atoms with Crippen molar-refractivity contribution in [3.8, 4) is 11.5 Å². The molecule has 1 aromatic rings. The topological polar surface area (TPSA) is 106 Å². The number of piperidine rings is 1. The first-order valence-corrected chi connectivity index (χ1v) is 9.86. The first-order chi connectivity index (χ1) is 11.9. The summed E-state index contributed by atoms with van der Waals surface area (Å²) >= 11 is 0. The van der Waals surface area contributed by atoms with Crippen LogP contribution in [0.4, 0.5) is 5.69 Å². The van der Waals surface area contributed by atoms with Crippen molar-refractivity contribution in [3.05, 3.63) is 12.1 Å². The van der Waals surface area contributed by atoms with Crippen LogP contribution in [0.25, 0.3) is 0 Å². The number of nitrogens with one attached hydrogen (secondary N) is 3. The minimum Gasteiger partial charge on any atom is -0.495 e. The molecule has 26 heavy (non-hydrogen) atoms. The van der Waals surface area contributed by atoms with Gasteiger partial charge in [0, 0.05) is 30.3 Å². The highest BCUT2D eigenvalue weighted by atomic mass is 35.5. The van der Waals surface area contributed by atoms with E-state index in [-0.39, 0.29) is 41.6 Å². The van der Waals surface area contributed by atoms with Gasteiger partial charge in [0.1, 0.15) is 16.4 Å². The quantitative estimate of drug-likeness (QED) is 0.692. The van der Waals surface area contributed by atoms with Crippen LogP contribution in [0.1, 0.15) is 25.7 Å². The van der Waals surface area contributed by atoms with E-state index in [1.807, 2.05) is 0 Å². The molecule has 8 nitrogen and oxygen atoms in total. The van der Waals surface area contributed by atoms with Crippen LogP contribution in [0.5, 0.6) is 11.5 Å². The summed E-state index contributed by atoms with van der Waals surface area (Å²) in [7, 11) is -2.36. The number of hydrogen-bond acceptors (Lipinski definition) is 6. The summed E-state index contributed by atoms with van der Waals surface area (Å²) < 4.78 is 39.2. The van der Waals surface area contributed by atoms with Crippen molar-refractivity contribution in [1.29, 1.82) is 0 Å². The van der Waals surface area contributed by atoms with E-state index in [0.29, 0.717) is 23.5 Å². The Morgan fingerprint density at radius 1 is 1.23 bits per heavy atom. The number of hydrogen-bond donors (Lipinski definition) is 3. The van der Waals surface area contributed by atoms with Gasteiger partial charge >= 0.3 is 0 Å². The lowest BCUT2D eigenvalue weighted by molar-refractivity contribution is -0.118. The van der Waals surface area contributed by atoms with Crippen LogP contribution in [0.3, 0.4) is 0 Å². The van der Waals surface area contributed by atoms with Gasteiger partial charge < -0.3 is 20.1 Å². The first kappa shape index (κ1) is 19.2. The van der Waals surface area contributed by atoms with Crippen LogP contribution in [0.2, 0.25) is 0 Å². The van der Waals surface area contributed by atoms with Crippen molar-refractivity contribution in [2.75, 3.05) is 19.0 Å². The zero-order chi connectivity index (χ0) is 17.6. The van der Waals surface area contributed by atoms with Gasteiger partial charge in [-0.1, -0.05) is 0 Å². The number of ether oxygens (including phenoxy) is 2. The van der Waals surface area contributed by atoms with E-state index in [2.05, 4.69) is 15.4 Å². The van der Waals surface area contributed by atoms with Crippen LogP contribution < -0.4 is 24.8 Å².